The third-order valence-corrected chi connectivity index (χ3v) is 2.88. The molecule has 1 N–H and O–H groups in total. The second-order valence-electron chi connectivity index (χ2n) is 2.40. The SMILES string of the molecule is CC=C(O)c1ccc(Cl)c(Cl)c1Cl. The summed E-state index contributed by atoms with van der Waals surface area (Å²) in [5, 5.41) is 10.3. The number of allylic oxidation sites excluding steroid dienone is 1. The zero-order valence-corrected chi connectivity index (χ0v) is 9.08. The van der Waals surface area contributed by atoms with Gasteiger partial charge in [0.2, 0.25) is 0 Å². The molecule has 0 aliphatic carbocycles. The van der Waals surface area contributed by atoms with Gasteiger partial charge in [-0.15, -0.1) is 0 Å². The van der Waals surface area contributed by atoms with Gasteiger partial charge in [0.25, 0.3) is 0 Å². The molecule has 0 aliphatic heterocycles. The summed E-state index contributed by atoms with van der Waals surface area (Å²) in [6, 6.07) is 3.21. The van der Waals surface area contributed by atoms with E-state index in [0.29, 0.717) is 10.6 Å². The van der Waals surface area contributed by atoms with Crippen molar-refractivity contribution in [3.05, 3.63) is 38.8 Å². The van der Waals surface area contributed by atoms with Crippen LogP contribution in [0.5, 0.6) is 0 Å². The first-order valence-corrected chi connectivity index (χ1v) is 4.70. The highest BCUT2D eigenvalue weighted by molar-refractivity contribution is 6.48. The molecule has 4 heteroatoms. The molecule has 1 aromatic rings. The molecule has 0 unspecified atom stereocenters. The van der Waals surface area contributed by atoms with Crippen molar-refractivity contribution in [2.45, 2.75) is 6.92 Å². The minimum Gasteiger partial charge on any atom is -0.508 e. The molecular weight excluding hydrogens is 230 g/mol. The quantitative estimate of drug-likeness (QED) is 0.560. The molecule has 13 heavy (non-hydrogen) atoms. The maximum atomic E-state index is 9.40. The molecule has 0 aliphatic rings. The standard InChI is InChI=1S/C9H7Cl3O/c1-2-7(13)5-3-4-6(10)9(12)8(5)11/h2-4,13H,1H3. The number of rotatable bonds is 1. The van der Waals surface area contributed by atoms with E-state index in [9.17, 15) is 5.11 Å². The molecule has 0 atom stereocenters. The van der Waals surface area contributed by atoms with Gasteiger partial charge in [-0.2, -0.15) is 0 Å². The van der Waals surface area contributed by atoms with Gasteiger partial charge in [0, 0.05) is 5.56 Å². The molecule has 1 rings (SSSR count). The second kappa shape index (κ2) is 4.23. The predicted molar refractivity (Wildman–Crippen MR) is 57.8 cm³/mol. The lowest BCUT2D eigenvalue weighted by Crippen LogP contribution is -1.85. The van der Waals surface area contributed by atoms with Gasteiger partial charge in [-0.3, -0.25) is 0 Å². The molecular formula is C9H7Cl3O. The van der Waals surface area contributed by atoms with Gasteiger partial charge >= 0.3 is 0 Å². The van der Waals surface area contributed by atoms with Gasteiger partial charge in [0.05, 0.1) is 15.1 Å². The van der Waals surface area contributed by atoms with Crippen molar-refractivity contribution < 1.29 is 5.11 Å². The van der Waals surface area contributed by atoms with Crippen molar-refractivity contribution >= 4 is 40.6 Å². The highest BCUT2D eigenvalue weighted by Gasteiger charge is 2.10. The maximum Gasteiger partial charge on any atom is 0.120 e. The predicted octanol–water partition coefficient (Wildman–Crippen LogP) is 4.57. The van der Waals surface area contributed by atoms with Gasteiger partial charge < -0.3 is 5.11 Å². The van der Waals surface area contributed by atoms with Crippen molar-refractivity contribution in [1.82, 2.24) is 0 Å². The lowest BCUT2D eigenvalue weighted by atomic mass is 10.2. The Labute approximate surface area is 91.5 Å². The Bertz CT molecular complexity index is 358. The molecule has 1 aromatic carbocycles. The van der Waals surface area contributed by atoms with E-state index >= 15 is 0 Å². The topological polar surface area (TPSA) is 20.2 Å². The molecule has 0 heterocycles. The number of aliphatic hydroxyl groups is 1. The van der Waals surface area contributed by atoms with E-state index < -0.39 is 0 Å². The Balaban J connectivity index is 3.34. The van der Waals surface area contributed by atoms with Gasteiger partial charge in [-0.05, 0) is 25.1 Å². The Morgan fingerprint density at radius 2 is 1.85 bits per heavy atom. The first-order chi connectivity index (χ1) is 6.07. The molecule has 0 aromatic heterocycles. The van der Waals surface area contributed by atoms with Crippen LogP contribution >= 0.6 is 34.8 Å². The average Bonchev–Trinajstić information content (AvgIpc) is 2.13. The van der Waals surface area contributed by atoms with Gasteiger partial charge in [0.15, 0.2) is 0 Å². The van der Waals surface area contributed by atoms with Crippen LogP contribution in [0.1, 0.15) is 12.5 Å². The normalized spacial score (nSPS) is 11.8. The van der Waals surface area contributed by atoms with Crippen LogP contribution < -0.4 is 0 Å². The summed E-state index contributed by atoms with van der Waals surface area (Å²) in [5.74, 6) is 0.0866. The Morgan fingerprint density at radius 1 is 1.23 bits per heavy atom. The van der Waals surface area contributed by atoms with Gasteiger partial charge in [-0.25, -0.2) is 0 Å². The van der Waals surface area contributed by atoms with Crippen LogP contribution in [0.15, 0.2) is 18.2 Å². The molecule has 0 bridgehead atoms. The van der Waals surface area contributed by atoms with Crippen molar-refractivity contribution in [2.75, 3.05) is 0 Å². The third kappa shape index (κ3) is 2.11. The van der Waals surface area contributed by atoms with Crippen molar-refractivity contribution in [2.24, 2.45) is 0 Å². The summed E-state index contributed by atoms with van der Waals surface area (Å²) in [7, 11) is 0. The molecule has 1 nitrogen and oxygen atoms in total. The summed E-state index contributed by atoms with van der Waals surface area (Å²) >= 11 is 17.4. The van der Waals surface area contributed by atoms with E-state index in [2.05, 4.69) is 0 Å². The van der Waals surface area contributed by atoms with E-state index in [4.69, 9.17) is 34.8 Å². The molecule has 0 saturated heterocycles. The monoisotopic (exact) mass is 236 g/mol. The Kier molecular flexibility index (Phi) is 3.48. The molecule has 0 radical (unpaired) electrons. The average molecular weight is 238 g/mol. The van der Waals surface area contributed by atoms with Gasteiger partial charge in [0.1, 0.15) is 5.76 Å². The van der Waals surface area contributed by atoms with E-state index in [-0.39, 0.29) is 15.8 Å². The first kappa shape index (κ1) is 10.7. The van der Waals surface area contributed by atoms with E-state index in [1.165, 1.54) is 6.08 Å². The van der Waals surface area contributed by atoms with Crippen LogP contribution in [0.4, 0.5) is 0 Å². The van der Waals surface area contributed by atoms with Crippen molar-refractivity contribution in [1.29, 1.82) is 0 Å². The Hall–Kier alpha value is -0.370. The fraction of sp³-hybridized carbons (Fsp3) is 0.111. The summed E-state index contributed by atoms with van der Waals surface area (Å²) in [6.45, 7) is 1.70. The molecule has 0 spiro atoms. The van der Waals surface area contributed by atoms with Crippen molar-refractivity contribution in [3.8, 4) is 0 Å². The van der Waals surface area contributed by atoms with Crippen LogP contribution in [0.2, 0.25) is 15.1 Å². The van der Waals surface area contributed by atoms with Gasteiger partial charge in [-0.1, -0.05) is 34.8 Å². The zero-order chi connectivity index (χ0) is 10.0. The van der Waals surface area contributed by atoms with Crippen LogP contribution in [-0.4, -0.2) is 5.11 Å². The largest absolute Gasteiger partial charge is 0.508 e. The lowest BCUT2D eigenvalue weighted by Gasteiger charge is -2.05. The number of halogens is 3. The first-order valence-electron chi connectivity index (χ1n) is 3.57. The third-order valence-electron chi connectivity index (χ3n) is 1.58. The zero-order valence-electron chi connectivity index (χ0n) is 6.81. The smallest absolute Gasteiger partial charge is 0.120 e. The van der Waals surface area contributed by atoms with Crippen LogP contribution in [0.25, 0.3) is 5.76 Å². The fourth-order valence-electron chi connectivity index (χ4n) is 0.879. The minimum absolute atomic E-state index is 0.0866. The molecule has 0 saturated carbocycles. The number of aliphatic hydroxyl groups excluding tert-OH is 1. The number of benzene rings is 1. The van der Waals surface area contributed by atoms with Crippen LogP contribution in [0.3, 0.4) is 0 Å². The van der Waals surface area contributed by atoms with E-state index in [0.717, 1.165) is 0 Å². The van der Waals surface area contributed by atoms with E-state index in [1.54, 1.807) is 19.1 Å². The van der Waals surface area contributed by atoms with Crippen LogP contribution in [0, 0.1) is 0 Å². The second-order valence-corrected chi connectivity index (χ2v) is 3.56. The van der Waals surface area contributed by atoms with Crippen molar-refractivity contribution in [3.63, 3.8) is 0 Å². The van der Waals surface area contributed by atoms with E-state index in [1.807, 2.05) is 0 Å². The molecule has 70 valence electrons. The highest BCUT2D eigenvalue weighted by Crippen LogP contribution is 2.34. The number of hydrogen-bond donors (Lipinski definition) is 1. The fourth-order valence-corrected chi connectivity index (χ4v) is 1.51. The maximum absolute atomic E-state index is 9.40. The minimum atomic E-state index is 0.0866. The highest BCUT2D eigenvalue weighted by atomic mass is 35.5. The molecule has 0 amide bonds. The summed E-state index contributed by atoms with van der Waals surface area (Å²) < 4.78 is 0. The van der Waals surface area contributed by atoms with Crippen LogP contribution in [-0.2, 0) is 0 Å². The summed E-state index contributed by atoms with van der Waals surface area (Å²) in [6.07, 6.45) is 1.53. The molecule has 0 fully saturated rings. The summed E-state index contributed by atoms with van der Waals surface area (Å²) in [5.41, 5.74) is 0.485. The Morgan fingerprint density at radius 3 is 2.38 bits per heavy atom. The summed E-state index contributed by atoms with van der Waals surface area (Å²) in [4.78, 5) is 0. The number of hydrogen-bond acceptors (Lipinski definition) is 1. The lowest BCUT2D eigenvalue weighted by molar-refractivity contribution is 0.511.